The Kier molecular flexibility index (Phi) is 4.16. The number of nitrogens with one attached hydrogen (secondary N) is 1. The van der Waals surface area contributed by atoms with E-state index in [4.69, 9.17) is 4.74 Å². The molecule has 1 amide bonds. The topological polar surface area (TPSA) is 38.3 Å². The van der Waals surface area contributed by atoms with Gasteiger partial charge in [-0.2, -0.15) is 0 Å². The summed E-state index contributed by atoms with van der Waals surface area (Å²) in [4.78, 5) is 10.7. The molecule has 0 spiro atoms. The predicted octanol–water partition coefficient (Wildman–Crippen LogP) is 2.11. The highest BCUT2D eigenvalue weighted by Crippen LogP contribution is 2.13. The Morgan fingerprint density at radius 1 is 1.33 bits per heavy atom. The minimum atomic E-state index is -0.0162. The molecule has 0 atom stereocenters. The lowest BCUT2D eigenvalue weighted by Gasteiger charge is -2.10. The predicted molar refractivity (Wildman–Crippen MR) is 59.7 cm³/mol. The second kappa shape index (κ2) is 5.39. The van der Waals surface area contributed by atoms with Crippen molar-refractivity contribution in [2.75, 3.05) is 0 Å². The molecule has 0 heterocycles. The van der Waals surface area contributed by atoms with E-state index in [-0.39, 0.29) is 12.0 Å². The van der Waals surface area contributed by atoms with Crippen LogP contribution in [0.1, 0.15) is 26.3 Å². The second-order valence-electron chi connectivity index (χ2n) is 3.72. The van der Waals surface area contributed by atoms with Crippen LogP contribution in [-0.2, 0) is 11.3 Å². The van der Waals surface area contributed by atoms with E-state index in [0.717, 1.165) is 11.3 Å². The molecule has 0 saturated heterocycles. The number of ether oxygens (including phenoxy) is 1. The van der Waals surface area contributed by atoms with E-state index in [1.54, 1.807) is 0 Å². The van der Waals surface area contributed by atoms with Gasteiger partial charge in [-0.05, 0) is 31.5 Å². The summed E-state index contributed by atoms with van der Waals surface area (Å²) < 4.78 is 5.51. The fourth-order valence-corrected chi connectivity index (χ4v) is 1.18. The Labute approximate surface area is 90.4 Å². The van der Waals surface area contributed by atoms with Gasteiger partial charge in [0.05, 0.1) is 6.10 Å². The van der Waals surface area contributed by atoms with Gasteiger partial charge in [0.2, 0.25) is 5.91 Å². The van der Waals surface area contributed by atoms with Crippen molar-refractivity contribution in [3.63, 3.8) is 0 Å². The van der Waals surface area contributed by atoms with Gasteiger partial charge in [-0.25, -0.2) is 0 Å². The Hall–Kier alpha value is -1.51. The van der Waals surface area contributed by atoms with Crippen LogP contribution < -0.4 is 10.1 Å². The first kappa shape index (κ1) is 11.6. The number of amides is 1. The molecule has 0 bridgehead atoms. The fourth-order valence-electron chi connectivity index (χ4n) is 1.18. The van der Waals surface area contributed by atoms with Crippen molar-refractivity contribution in [2.24, 2.45) is 0 Å². The molecule has 0 aliphatic rings. The van der Waals surface area contributed by atoms with Crippen molar-refractivity contribution in [1.29, 1.82) is 0 Å². The summed E-state index contributed by atoms with van der Waals surface area (Å²) in [7, 11) is 0. The summed E-state index contributed by atoms with van der Waals surface area (Å²) in [5.74, 6) is 0.842. The first-order chi connectivity index (χ1) is 7.08. The molecule has 0 aromatic heterocycles. The molecule has 0 aliphatic heterocycles. The van der Waals surface area contributed by atoms with E-state index in [2.05, 4.69) is 5.32 Å². The molecule has 0 unspecified atom stereocenters. The lowest BCUT2D eigenvalue weighted by Crippen LogP contribution is -2.18. The van der Waals surface area contributed by atoms with Crippen LogP contribution in [0.25, 0.3) is 0 Å². The molecule has 0 fully saturated rings. The van der Waals surface area contributed by atoms with Gasteiger partial charge in [-0.3, -0.25) is 4.79 Å². The summed E-state index contributed by atoms with van der Waals surface area (Å²) in [5.41, 5.74) is 1.07. The van der Waals surface area contributed by atoms with E-state index < -0.39 is 0 Å². The third kappa shape index (κ3) is 4.49. The number of benzene rings is 1. The van der Waals surface area contributed by atoms with Crippen molar-refractivity contribution >= 4 is 5.91 Å². The van der Waals surface area contributed by atoms with Crippen LogP contribution in [0.4, 0.5) is 0 Å². The number of hydrogen-bond acceptors (Lipinski definition) is 2. The molecule has 0 aliphatic carbocycles. The zero-order valence-electron chi connectivity index (χ0n) is 9.41. The lowest BCUT2D eigenvalue weighted by atomic mass is 10.2. The van der Waals surface area contributed by atoms with Crippen LogP contribution in [-0.4, -0.2) is 12.0 Å². The fraction of sp³-hybridized carbons (Fsp3) is 0.417. The van der Waals surface area contributed by atoms with Gasteiger partial charge in [0.25, 0.3) is 0 Å². The van der Waals surface area contributed by atoms with E-state index in [9.17, 15) is 4.79 Å². The van der Waals surface area contributed by atoms with E-state index in [1.807, 2.05) is 38.1 Å². The van der Waals surface area contributed by atoms with Crippen molar-refractivity contribution in [1.82, 2.24) is 5.32 Å². The molecule has 15 heavy (non-hydrogen) atoms. The quantitative estimate of drug-likeness (QED) is 0.821. The Morgan fingerprint density at radius 2 is 1.93 bits per heavy atom. The van der Waals surface area contributed by atoms with Gasteiger partial charge < -0.3 is 10.1 Å². The average molecular weight is 207 g/mol. The van der Waals surface area contributed by atoms with Crippen molar-refractivity contribution in [3.8, 4) is 5.75 Å². The van der Waals surface area contributed by atoms with E-state index >= 15 is 0 Å². The zero-order valence-corrected chi connectivity index (χ0v) is 9.41. The minimum absolute atomic E-state index is 0.0162. The highest BCUT2D eigenvalue weighted by Gasteiger charge is 1.98. The van der Waals surface area contributed by atoms with E-state index in [0.29, 0.717) is 6.54 Å². The van der Waals surface area contributed by atoms with Gasteiger partial charge in [0, 0.05) is 13.5 Å². The van der Waals surface area contributed by atoms with Gasteiger partial charge in [-0.15, -0.1) is 0 Å². The first-order valence-corrected chi connectivity index (χ1v) is 5.08. The van der Waals surface area contributed by atoms with Gasteiger partial charge in [0.1, 0.15) is 5.75 Å². The van der Waals surface area contributed by atoms with Crippen LogP contribution in [0.3, 0.4) is 0 Å². The molecule has 0 radical (unpaired) electrons. The maximum Gasteiger partial charge on any atom is 0.217 e. The maximum absolute atomic E-state index is 10.7. The maximum atomic E-state index is 10.7. The van der Waals surface area contributed by atoms with Crippen LogP contribution in [0.5, 0.6) is 5.75 Å². The summed E-state index contributed by atoms with van der Waals surface area (Å²) >= 11 is 0. The molecule has 3 nitrogen and oxygen atoms in total. The summed E-state index contributed by atoms with van der Waals surface area (Å²) in [6.07, 6.45) is 0.186. The Morgan fingerprint density at radius 3 is 2.40 bits per heavy atom. The van der Waals surface area contributed by atoms with Crippen molar-refractivity contribution in [3.05, 3.63) is 29.8 Å². The number of carbonyl (C=O) groups is 1. The monoisotopic (exact) mass is 207 g/mol. The molecule has 1 aromatic rings. The Bertz CT molecular complexity index is 317. The van der Waals surface area contributed by atoms with Gasteiger partial charge >= 0.3 is 0 Å². The van der Waals surface area contributed by atoms with Crippen LogP contribution in [0.2, 0.25) is 0 Å². The minimum Gasteiger partial charge on any atom is -0.491 e. The van der Waals surface area contributed by atoms with Crippen LogP contribution >= 0.6 is 0 Å². The molecule has 3 heteroatoms. The SMILES string of the molecule is CC(=O)NCc1ccc(OC(C)C)cc1. The Balaban J connectivity index is 2.52. The lowest BCUT2D eigenvalue weighted by molar-refractivity contribution is -0.119. The molecule has 1 rings (SSSR count). The summed E-state index contributed by atoms with van der Waals surface area (Å²) in [6, 6.07) is 7.73. The van der Waals surface area contributed by atoms with Crippen LogP contribution in [0, 0.1) is 0 Å². The summed E-state index contributed by atoms with van der Waals surface area (Å²) in [6.45, 7) is 6.06. The van der Waals surface area contributed by atoms with Gasteiger partial charge in [0.15, 0.2) is 0 Å². The largest absolute Gasteiger partial charge is 0.491 e. The first-order valence-electron chi connectivity index (χ1n) is 5.08. The molecular weight excluding hydrogens is 190 g/mol. The zero-order chi connectivity index (χ0) is 11.3. The molecule has 1 aromatic carbocycles. The second-order valence-corrected chi connectivity index (χ2v) is 3.72. The summed E-state index contributed by atoms with van der Waals surface area (Å²) in [5, 5.41) is 2.74. The molecule has 82 valence electrons. The smallest absolute Gasteiger partial charge is 0.217 e. The number of rotatable bonds is 4. The van der Waals surface area contributed by atoms with Crippen molar-refractivity contribution in [2.45, 2.75) is 33.4 Å². The average Bonchev–Trinajstić information content (AvgIpc) is 2.16. The highest BCUT2D eigenvalue weighted by molar-refractivity contribution is 5.72. The molecule has 0 saturated carbocycles. The van der Waals surface area contributed by atoms with Crippen molar-refractivity contribution < 1.29 is 9.53 Å². The molecule has 1 N–H and O–H groups in total. The van der Waals surface area contributed by atoms with Gasteiger partial charge in [-0.1, -0.05) is 12.1 Å². The third-order valence-electron chi connectivity index (χ3n) is 1.84. The van der Waals surface area contributed by atoms with Crippen LogP contribution in [0.15, 0.2) is 24.3 Å². The molecular formula is C12H17NO2. The highest BCUT2D eigenvalue weighted by atomic mass is 16.5. The number of hydrogen-bond donors (Lipinski definition) is 1. The van der Waals surface area contributed by atoms with E-state index in [1.165, 1.54) is 6.92 Å². The normalized spacial score (nSPS) is 10.1. The number of carbonyl (C=O) groups excluding carboxylic acids is 1. The third-order valence-corrected chi connectivity index (χ3v) is 1.84. The standard InChI is InChI=1S/C12H17NO2/c1-9(2)15-12-6-4-11(5-7-12)8-13-10(3)14/h4-7,9H,8H2,1-3H3,(H,13,14).